The Kier molecular flexibility index (Phi) is 7.18. The van der Waals surface area contributed by atoms with Crippen molar-refractivity contribution in [1.29, 1.82) is 0 Å². The highest BCUT2D eigenvalue weighted by Gasteiger charge is 2.15. The minimum Gasteiger partial charge on any atom is -0.302 e. The molecule has 0 aliphatic carbocycles. The zero-order valence-corrected chi connectivity index (χ0v) is 17.6. The van der Waals surface area contributed by atoms with Crippen LogP contribution in [0.5, 0.6) is 0 Å². The van der Waals surface area contributed by atoms with Crippen LogP contribution in [0.15, 0.2) is 42.1 Å². The monoisotopic (exact) mass is 434 g/mol. The van der Waals surface area contributed by atoms with Crippen molar-refractivity contribution in [2.75, 3.05) is 11.1 Å². The lowest BCUT2D eigenvalue weighted by molar-refractivity contribution is -0.113. The third-order valence-electron chi connectivity index (χ3n) is 3.73. The molecular weight excluding hydrogens is 416 g/mol. The Bertz CT molecular complexity index is 953. The van der Waals surface area contributed by atoms with Crippen molar-refractivity contribution < 1.29 is 4.79 Å². The molecule has 2 heterocycles. The van der Waals surface area contributed by atoms with Gasteiger partial charge < -0.3 is 4.57 Å². The van der Waals surface area contributed by atoms with Gasteiger partial charge in [0.1, 0.15) is 10.8 Å². The Morgan fingerprint density at radius 2 is 2.07 bits per heavy atom. The molecule has 0 atom stereocenters. The number of anilines is 1. The van der Waals surface area contributed by atoms with Gasteiger partial charge in [-0.1, -0.05) is 59.8 Å². The topological polar surface area (TPSA) is 85.6 Å². The number of nitrogens with one attached hydrogen (secondary N) is 1. The van der Waals surface area contributed by atoms with Crippen molar-refractivity contribution in [3.05, 3.63) is 58.3 Å². The van der Waals surface area contributed by atoms with Gasteiger partial charge in [-0.15, -0.1) is 27.0 Å². The Hall–Kier alpha value is -2.23. The number of hydrogen-bond donors (Lipinski definition) is 1. The highest BCUT2D eigenvalue weighted by Crippen LogP contribution is 2.21. The molecule has 1 N–H and O–H groups in total. The molecule has 0 radical (unpaired) electrons. The van der Waals surface area contributed by atoms with Crippen LogP contribution in [0.3, 0.4) is 0 Å². The van der Waals surface area contributed by atoms with Crippen molar-refractivity contribution in [1.82, 2.24) is 25.0 Å². The lowest BCUT2D eigenvalue weighted by atomic mass is 10.1. The quantitative estimate of drug-likeness (QED) is 0.406. The van der Waals surface area contributed by atoms with Crippen molar-refractivity contribution in [2.24, 2.45) is 0 Å². The number of benzene rings is 1. The number of allylic oxidation sites excluding steroid dienone is 1. The molecule has 0 aliphatic heterocycles. The van der Waals surface area contributed by atoms with Gasteiger partial charge in [0.25, 0.3) is 0 Å². The largest absolute Gasteiger partial charge is 0.302 e. The molecule has 0 spiro atoms. The molecule has 1 aromatic carbocycles. The maximum absolute atomic E-state index is 12.2. The first-order valence-corrected chi connectivity index (χ1v) is 10.8. The van der Waals surface area contributed by atoms with E-state index in [2.05, 4.69) is 32.3 Å². The molecule has 0 fully saturated rings. The van der Waals surface area contributed by atoms with E-state index in [1.165, 1.54) is 23.1 Å². The lowest BCUT2D eigenvalue weighted by Crippen LogP contribution is -2.14. The molecule has 28 heavy (non-hydrogen) atoms. The summed E-state index contributed by atoms with van der Waals surface area (Å²) in [5.41, 5.74) is 1.08. The molecule has 1 amide bonds. The molecule has 10 heteroatoms. The number of amides is 1. The summed E-state index contributed by atoms with van der Waals surface area (Å²) in [6.07, 6.45) is 3.20. The summed E-state index contributed by atoms with van der Waals surface area (Å²) < 4.78 is 1.96. The number of halogens is 1. The molecule has 0 unspecified atom stereocenters. The van der Waals surface area contributed by atoms with E-state index >= 15 is 0 Å². The molecule has 0 bridgehead atoms. The lowest BCUT2D eigenvalue weighted by Gasteiger charge is -2.08. The van der Waals surface area contributed by atoms with E-state index in [0.717, 1.165) is 22.8 Å². The normalized spacial score (nSPS) is 10.8. The predicted octanol–water partition coefficient (Wildman–Crippen LogP) is 3.85. The second-order valence-electron chi connectivity index (χ2n) is 5.79. The summed E-state index contributed by atoms with van der Waals surface area (Å²) in [5.74, 6) is 0.857. The highest BCUT2D eigenvalue weighted by molar-refractivity contribution is 7.99. The minimum atomic E-state index is -0.156. The number of thioether (sulfide) groups is 1. The van der Waals surface area contributed by atoms with Crippen LogP contribution in [0.1, 0.15) is 23.3 Å². The Balaban J connectivity index is 1.64. The molecule has 146 valence electrons. The molecule has 0 saturated heterocycles. The molecule has 0 aliphatic rings. The van der Waals surface area contributed by atoms with E-state index in [9.17, 15) is 4.79 Å². The Morgan fingerprint density at radius 1 is 1.29 bits per heavy atom. The summed E-state index contributed by atoms with van der Waals surface area (Å²) in [4.78, 5) is 12.2. The number of rotatable bonds is 9. The van der Waals surface area contributed by atoms with Crippen molar-refractivity contribution in [3.63, 3.8) is 0 Å². The predicted molar refractivity (Wildman–Crippen MR) is 113 cm³/mol. The molecule has 7 nitrogen and oxygen atoms in total. The zero-order valence-electron chi connectivity index (χ0n) is 15.3. The fraction of sp³-hybridized carbons (Fsp3) is 0.278. The van der Waals surface area contributed by atoms with Gasteiger partial charge in [0.05, 0.1) is 5.75 Å². The maximum atomic E-state index is 12.2. The van der Waals surface area contributed by atoms with Gasteiger partial charge in [-0.25, -0.2) is 0 Å². The summed E-state index contributed by atoms with van der Waals surface area (Å²) in [5, 5.41) is 22.0. The van der Waals surface area contributed by atoms with Gasteiger partial charge in [0.2, 0.25) is 11.0 Å². The van der Waals surface area contributed by atoms with E-state index in [0.29, 0.717) is 28.3 Å². The average molecular weight is 435 g/mol. The number of carbonyl (C=O) groups is 1. The first kappa shape index (κ1) is 20.5. The van der Waals surface area contributed by atoms with Gasteiger partial charge in [-0.2, -0.15) is 0 Å². The number of aryl methyl sites for hydroxylation is 1. The van der Waals surface area contributed by atoms with Crippen LogP contribution < -0.4 is 5.32 Å². The van der Waals surface area contributed by atoms with Gasteiger partial charge in [-0.3, -0.25) is 10.1 Å². The van der Waals surface area contributed by atoms with E-state index in [1.54, 1.807) is 6.08 Å². The van der Waals surface area contributed by atoms with Gasteiger partial charge in [0, 0.05) is 18.0 Å². The Morgan fingerprint density at radius 3 is 2.75 bits per heavy atom. The fourth-order valence-corrected chi connectivity index (χ4v) is 3.97. The van der Waals surface area contributed by atoms with E-state index in [4.69, 9.17) is 11.6 Å². The Labute approximate surface area is 176 Å². The third kappa shape index (κ3) is 5.40. The van der Waals surface area contributed by atoms with Crippen LogP contribution in [0.4, 0.5) is 5.13 Å². The second-order valence-corrected chi connectivity index (χ2v) is 8.23. The standard InChI is InChI=1S/C18H19ClN6OS2/c1-3-9-25-14(10-12-5-7-13(19)8-6-12)21-24-18(25)27-11-15(26)20-17-23-22-16(4-2)28-17/h3,5-8H,1,4,9-11H2,2H3,(H,20,23,26). The van der Waals surface area contributed by atoms with E-state index in [1.807, 2.05) is 35.8 Å². The maximum Gasteiger partial charge on any atom is 0.236 e. The average Bonchev–Trinajstić information content (AvgIpc) is 3.29. The third-order valence-corrected chi connectivity index (χ3v) is 5.93. The SMILES string of the molecule is C=CCn1c(Cc2ccc(Cl)cc2)nnc1SCC(=O)Nc1nnc(CC)s1. The van der Waals surface area contributed by atoms with Crippen LogP contribution in [-0.2, 0) is 24.2 Å². The van der Waals surface area contributed by atoms with Crippen molar-refractivity contribution in [3.8, 4) is 0 Å². The highest BCUT2D eigenvalue weighted by atomic mass is 35.5. The molecular formula is C18H19ClN6OS2. The van der Waals surface area contributed by atoms with Crippen LogP contribution in [0.2, 0.25) is 5.02 Å². The molecule has 0 saturated carbocycles. The van der Waals surface area contributed by atoms with Crippen LogP contribution >= 0.6 is 34.7 Å². The van der Waals surface area contributed by atoms with E-state index < -0.39 is 0 Å². The molecule has 3 aromatic rings. The second kappa shape index (κ2) is 9.81. The van der Waals surface area contributed by atoms with Crippen LogP contribution in [0, 0.1) is 0 Å². The van der Waals surface area contributed by atoms with Crippen molar-refractivity contribution >= 4 is 45.7 Å². The number of aromatic nitrogens is 5. The van der Waals surface area contributed by atoms with Gasteiger partial charge in [0.15, 0.2) is 5.16 Å². The minimum absolute atomic E-state index is 0.156. The van der Waals surface area contributed by atoms with Crippen molar-refractivity contribution in [2.45, 2.75) is 31.5 Å². The van der Waals surface area contributed by atoms with Crippen LogP contribution in [-0.4, -0.2) is 36.6 Å². The molecule has 2 aromatic heterocycles. The summed E-state index contributed by atoms with van der Waals surface area (Å²) in [6.45, 7) is 6.36. The first-order chi connectivity index (χ1) is 13.6. The summed E-state index contributed by atoms with van der Waals surface area (Å²) >= 11 is 8.65. The number of hydrogen-bond acceptors (Lipinski definition) is 7. The number of nitrogens with zero attached hydrogens (tertiary/aromatic N) is 5. The first-order valence-electron chi connectivity index (χ1n) is 8.61. The van der Waals surface area contributed by atoms with Gasteiger partial charge >= 0.3 is 0 Å². The van der Waals surface area contributed by atoms with E-state index in [-0.39, 0.29) is 11.7 Å². The zero-order chi connectivity index (χ0) is 19.9. The van der Waals surface area contributed by atoms with Gasteiger partial charge in [-0.05, 0) is 24.1 Å². The number of carbonyl (C=O) groups excluding carboxylic acids is 1. The summed E-state index contributed by atoms with van der Waals surface area (Å²) in [7, 11) is 0. The van der Waals surface area contributed by atoms with Crippen LogP contribution in [0.25, 0.3) is 0 Å². The smallest absolute Gasteiger partial charge is 0.236 e. The fourth-order valence-electron chi connectivity index (χ4n) is 2.39. The summed E-state index contributed by atoms with van der Waals surface area (Å²) in [6, 6.07) is 7.62. The molecule has 3 rings (SSSR count).